The fourth-order valence-electron chi connectivity index (χ4n) is 4.20. The van der Waals surface area contributed by atoms with Gasteiger partial charge in [-0.05, 0) is 67.9 Å². The fourth-order valence-corrected chi connectivity index (χ4v) is 4.20. The minimum Gasteiger partial charge on any atom is -0.507 e. The molecule has 1 fully saturated rings. The van der Waals surface area contributed by atoms with Crippen molar-refractivity contribution in [1.82, 2.24) is 9.80 Å². The predicted octanol–water partition coefficient (Wildman–Crippen LogP) is 4.92. The number of carbonyl (C=O) groups is 2. The van der Waals surface area contributed by atoms with Crippen molar-refractivity contribution in [3.63, 3.8) is 0 Å². The maximum Gasteiger partial charge on any atom is 0.295 e. The number of amides is 1. The molecule has 0 bridgehead atoms. The SMILES string of the molecule is C=CCOc1ccc(/C(O)=C2\C(=O)C(=O)N(CCCN(C)C)C2c2ccc(C(C)(C)C)cc2)cc1. The van der Waals surface area contributed by atoms with Gasteiger partial charge in [0.2, 0.25) is 0 Å². The first-order chi connectivity index (χ1) is 16.5. The van der Waals surface area contributed by atoms with Crippen molar-refractivity contribution >= 4 is 17.4 Å². The van der Waals surface area contributed by atoms with E-state index < -0.39 is 17.7 Å². The van der Waals surface area contributed by atoms with E-state index in [-0.39, 0.29) is 16.7 Å². The van der Waals surface area contributed by atoms with Crippen LogP contribution in [0.2, 0.25) is 0 Å². The van der Waals surface area contributed by atoms with Crippen LogP contribution in [0.5, 0.6) is 5.75 Å². The maximum absolute atomic E-state index is 13.2. The van der Waals surface area contributed by atoms with Gasteiger partial charge in [-0.25, -0.2) is 0 Å². The summed E-state index contributed by atoms with van der Waals surface area (Å²) in [6, 6.07) is 14.1. The Morgan fingerprint density at radius 1 is 1.09 bits per heavy atom. The highest BCUT2D eigenvalue weighted by Gasteiger charge is 2.45. The van der Waals surface area contributed by atoms with Gasteiger partial charge in [0.25, 0.3) is 11.7 Å². The van der Waals surface area contributed by atoms with Crippen molar-refractivity contribution in [2.24, 2.45) is 0 Å². The van der Waals surface area contributed by atoms with E-state index in [1.54, 1.807) is 35.2 Å². The molecule has 0 aromatic heterocycles. The third-order valence-corrected chi connectivity index (χ3v) is 6.13. The number of ether oxygens (including phenoxy) is 1. The Hall–Kier alpha value is -3.38. The number of ketones is 1. The summed E-state index contributed by atoms with van der Waals surface area (Å²) in [6.45, 7) is 11.6. The Labute approximate surface area is 208 Å². The minimum atomic E-state index is -0.663. The van der Waals surface area contributed by atoms with E-state index in [1.807, 2.05) is 43.3 Å². The number of rotatable bonds is 9. The first-order valence-corrected chi connectivity index (χ1v) is 11.9. The first kappa shape index (κ1) is 26.2. The second-order valence-electron chi connectivity index (χ2n) is 10.1. The molecule has 1 unspecified atom stereocenters. The molecule has 0 saturated carbocycles. The molecule has 0 aliphatic carbocycles. The molecule has 1 N–H and O–H groups in total. The standard InChI is InChI=1S/C29H36N2O4/c1-7-19-35-23-15-11-21(12-16-23)26(32)24-25(20-9-13-22(14-10-20)29(2,3)4)31(28(34)27(24)33)18-8-17-30(5)6/h7,9-16,25,32H,1,8,17-19H2,2-6H3/b26-24+. The average Bonchev–Trinajstić information content (AvgIpc) is 3.07. The van der Waals surface area contributed by atoms with E-state index in [4.69, 9.17) is 4.74 Å². The smallest absolute Gasteiger partial charge is 0.295 e. The number of likely N-dealkylation sites (tertiary alicyclic amines) is 1. The number of carbonyl (C=O) groups excluding carboxylic acids is 2. The molecule has 2 aromatic rings. The molecule has 6 heteroatoms. The molecule has 3 rings (SSSR count). The topological polar surface area (TPSA) is 70.1 Å². The Morgan fingerprint density at radius 3 is 2.26 bits per heavy atom. The van der Waals surface area contributed by atoms with Crippen LogP contribution in [0.15, 0.2) is 66.8 Å². The molecule has 1 aliphatic heterocycles. The van der Waals surface area contributed by atoms with Crippen molar-refractivity contribution in [2.75, 3.05) is 33.8 Å². The normalized spacial score (nSPS) is 17.8. The molecule has 35 heavy (non-hydrogen) atoms. The van der Waals surface area contributed by atoms with E-state index in [0.29, 0.717) is 30.9 Å². The third-order valence-electron chi connectivity index (χ3n) is 6.13. The first-order valence-electron chi connectivity index (χ1n) is 11.9. The van der Waals surface area contributed by atoms with Crippen molar-refractivity contribution in [3.05, 3.63) is 83.4 Å². The number of hydrogen-bond acceptors (Lipinski definition) is 5. The molecule has 1 heterocycles. The van der Waals surface area contributed by atoms with Gasteiger partial charge in [0.05, 0.1) is 11.6 Å². The highest BCUT2D eigenvalue weighted by molar-refractivity contribution is 6.46. The van der Waals surface area contributed by atoms with Gasteiger partial charge < -0.3 is 19.6 Å². The van der Waals surface area contributed by atoms with Gasteiger partial charge in [-0.1, -0.05) is 57.7 Å². The van der Waals surface area contributed by atoms with Gasteiger partial charge >= 0.3 is 0 Å². The lowest BCUT2D eigenvalue weighted by atomic mass is 9.85. The summed E-state index contributed by atoms with van der Waals surface area (Å²) in [5.41, 5.74) is 2.50. The zero-order chi connectivity index (χ0) is 25.8. The Bertz CT molecular complexity index is 1090. The molecular formula is C29H36N2O4. The summed E-state index contributed by atoms with van der Waals surface area (Å²) in [7, 11) is 3.94. The number of hydrogen-bond donors (Lipinski definition) is 1. The van der Waals surface area contributed by atoms with Crippen LogP contribution in [-0.2, 0) is 15.0 Å². The minimum absolute atomic E-state index is 0.0263. The van der Waals surface area contributed by atoms with Gasteiger partial charge in [0, 0.05) is 12.1 Å². The summed E-state index contributed by atoms with van der Waals surface area (Å²) < 4.78 is 5.51. The van der Waals surface area contributed by atoms with Gasteiger partial charge in [-0.3, -0.25) is 9.59 Å². The second-order valence-corrected chi connectivity index (χ2v) is 10.1. The lowest BCUT2D eigenvalue weighted by molar-refractivity contribution is -0.139. The van der Waals surface area contributed by atoms with Crippen LogP contribution >= 0.6 is 0 Å². The van der Waals surface area contributed by atoms with E-state index >= 15 is 0 Å². The van der Waals surface area contributed by atoms with Crippen molar-refractivity contribution in [3.8, 4) is 5.75 Å². The number of nitrogens with zero attached hydrogens (tertiary/aromatic N) is 2. The summed E-state index contributed by atoms with van der Waals surface area (Å²) in [5, 5.41) is 11.2. The maximum atomic E-state index is 13.2. The number of aliphatic hydroxyl groups is 1. The van der Waals surface area contributed by atoms with Crippen LogP contribution in [0.25, 0.3) is 5.76 Å². The molecular weight excluding hydrogens is 440 g/mol. The molecule has 1 saturated heterocycles. The van der Waals surface area contributed by atoms with Gasteiger partial charge in [0.15, 0.2) is 0 Å². The van der Waals surface area contributed by atoms with E-state index in [0.717, 1.165) is 17.7 Å². The quantitative estimate of drug-likeness (QED) is 0.241. The molecule has 1 amide bonds. The van der Waals surface area contributed by atoms with Crippen LogP contribution in [0, 0.1) is 0 Å². The Morgan fingerprint density at radius 2 is 1.71 bits per heavy atom. The summed E-state index contributed by atoms with van der Waals surface area (Å²) in [6.07, 6.45) is 2.36. The lowest BCUT2D eigenvalue weighted by Crippen LogP contribution is -2.32. The third kappa shape index (κ3) is 6.01. The number of aliphatic hydroxyl groups excluding tert-OH is 1. The molecule has 0 spiro atoms. The molecule has 2 aromatic carbocycles. The molecule has 1 aliphatic rings. The van der Waals surface area contributed by atoms with Crippen LogP contribution in [0.3, 0.4) is 0 Å². The average molecular weight is 477 g/mol. The van der Waals surface area contributed by atoms with Gasteiger partial charge in [0.1, 0.15) is 18.1 Å². The van der Waals surface area contributed by atoms with Crippen molar-refractivity contribution < 1.29 is 19.4 Å². The number of benzene rings is 2. The van der Waals surface area contributed by atoms with Crippen LogP contribution in [0.1, 0.15) is 49.9 Å². The van der Waals surface area contributed by atoms with Gasteiger partial charge in [-0.2, -0.15) is 0 Å². The summed E-state index contributed by atoms with van der Waals surface area (Å²) in [5.74, 6) is -0.802. The Kier molecular flexibility index (Phi) is 8.18. The highest BCUT2D eigenvalue weighted by atomic mass is 16.5. The summed E-state index contributed by atoms with van der Waals surface area (Å²) in [4.78, 5) is 29.9. The molecule has 0 radical (unpaired) electrons. The van der Waals surface area contributed by atoms with E-state index in [9.17, 15) is 14.7 Å². The zero-order valence-electron chi connectivity index (χ0n) is 21.4. The molecule has 186 valence electrons. The van der Waals surface area contributed by atoms with E-state index in [1.165, 1.54) is 0 Å². The van der Waals surface area contributed by atoms with Crippen LogP contribution < -0.4 is 4.74 Å². The Balaban J connectivity index is 2.05. The van der Waals surface area contributed by atoms with Gasteiger partial charge in [-0.15, -0.1) is 0 Å². The van der Waals surface area contributed by atoms with Crippen LogP contribution in [-0.4, -0.2) is 60.4 Å². The van der Waals surface area contributed by atoms with Crippen molar-refractivity contribution in [2.45, 2.75) is 38.6 Å². The highest BCUT2D eigenvalue weighted by Crippen LogP contribution is 2.40. The second kappa shape index (κ2) is 10.9. The fraction of sp³-hybridized carbons (Fsp3) is 0.379. The molecule has 1 atom stereocenters. The number of Topliss-reactive ketones (excluding diaryl/α,β-unsaturated/α-hetero) is 1. The predicted molar refractivity (Wildman–Crippen MR) is 139 cm³/mol. The largest absolute Gasteiger partial charge is 0.507 e. The zero-order valence-corrected chi connectivity index (χ0v) is 21.4. The van der Waals surface area contributed by atoms with E-state index in [2.05, 4.69) is 27.4 Å². The lowest BCUT2D eigenvalue weighted by Gasteiger charge is -2.27. The monoisotopic (exact) mass is 476 g/mol. The summed E-state index contributed by atoms with van der Waals surface area (Å²) >= 11 is 0. The molecule has 6 nitrogen and oxygen atoms in total. The van der Waals surface area contributed by atoms with Crippen molar-refractivity contribution in [1.29, 1.82) is 0 Å². The van der Waals surface area contributed by atoms with Crippen LogP contribution in [0.4, 0.5) is 0 Å².